The topological polar surface area (TPSA) is 59.0 Å². The van der Waals surface area contributed by atoms with Crippen LogP contribution in [0.1, 0.15) is 13.8 Å². The zero-order chi connectivity index (χ0) is 11.4. The fourth-order valence-corrected chi connectivity index (χ4v) is 1.57. The lowest BCUT2D eigenvalue weighted by Crippen LogP contribution is -2.54. The van der Waals surface area contributed by atoms with Gasteiger partial charge in [0.2, 0.25) is 0 Å². The molecule has 0 radical (unpaired) electrons. The Morgan fingerprint density at radius 3 is 2.93 bits per heavy atom. The van der Waals surface area contributed by atoms with E-state index in [0.29, 0.717) is 13.2 Å². The van der Waals surface area contributed by atoms with Crippen molar-refractivity contribution in [3.8, 4) is 0 Å². The number of amides is 1. The molecule has 0 aromatic rings. The summed E-state index contributed by atoms with van der Waals surface area (Å²) in [6.07, 6.45) is -0.709. The summed E-state index contributed by atoms with van der Waals surface area (Å²) in [6, 6.07) is 0.0397. The molecule has 5 heteroatoms. The number of hydrogen-bond acceptors (Lipinski definition) is 4. The van der Waals surface area contributed by atoms with Crippen molar-refractivity contribution in [1.82, 2.24) is 4.90 Å². The Balaban J connectivity index is 2.61. The van der Waals surface area contributed by atoms with Crippen LogP contribution in [0.4, 0.5) is 0 Å². The molecule has 1 saturated heterocycles. The van der Waals surface area contributed by atoms with Crippen LogP contribution in [0.2, 0.25) is 0 Å². The Morgan fingerprint density at radius 2 is 2.40 bits per heavy atom. The average Bonchev–Trinajstić information content (AvgIpc) is 2.27. The highest BCUT2D eigenvalue weighted by molar-refractivity contribution is 5.81. The highest BCUT2D eigenvalue weighted by Crippen LogP contribution is 2.13. The van der Waals surface area contributed by atoms with E-state index in [4.69, 9.17) is 14.6 Å². The molecule has 1 N–H and O–H groups in total. The van der Waals surface area contributed by atoms with Gasteiger partial charge in [-0.2, -0.15) is 0 Å². The van der Waals surface area contributed by atoms with E-state index in [1.807, 2.05) is 6.92 Å². The summed E-state index contributed by atoms with van der Waals surface area (Å²) in [7, 11) is 1.51. The second-order valence-electron chi connectivity index (χ2n) is 3.86. The van der Waals surface area contributed by atoms with Gasteiger partial charge in [-0.15, -0.1) is 0 Å². The fourth-order valence-electron chi connectivity index (χ4n) is 1.57. The Morgan fingerprint density at radius 1 is 1.73 bits per heavy atom. The monoisotopic (exact) mass is 217 g/mol. The summed E-state index contributed by atoms with van der Waals surface area (Å²) in [4.78, 5) is 13.6. The van der Waals surface area contributed by atoms with Crippen molar-refractivity contribution >= 4 is 5.91 Å². The van der Waals surface area contributed by atoms with Gasteiger partial charge in [0.1, 0.15) is 6.10 Å². The van der Waals surface area contributed by atoms with E-state index in [0.717, 1.165) is 0 Å². The quantitative estimate of drug-likeness (QED) is 0.700. The van der Waals surface area contributed by atoms with E-state index >= 15 is 0 Å². The predicted octanol–water partition coefficient (Wildman–Crippen LogP) is -0.371. The van der Waals surface area contributed by atoms with Gasteiger partial charge in [0.05, 0.1) is 25.4 Å². The van der Waals surface area contributed by atoms with Gasteiger partial charge in [-0.05, 0) is 13.8 Å². The molecule has 1 amide bonds. The number of aliphatic hydroxyl groups is 1. The fraction of sp³-hybridized carbons (Fsp3) is 0.900. The molecule has 0 spiro atoms. The molecule has 1 fully saturated rings. The number of rotatable bonds is 3. The van der Waals surface area contributed by atoms with Crippen LogP contribution in [0.15, 0.2) is 0 Å². The Bertz CT molecular complexity index is 221. The number of methoxy groups -OCH3 is 1. The first-order valence-electron chi connectivity index (χ1n) is 5.15. The molecule has 0 saturated carbocycles. The molecule has 88 valence electrons. The number of morpholine rings is 1. The van der Waals surface area contributed by atoms with E-state index in [-0.39, 0.29) is 24.7 Å². The molecule has 5 nitrogen and oxygen atoms in total. The third kappa shape index (κ3) is 2.90. The molecule has 15 heavy (non-hydrogen) atoms. The first-order chi connectivity index (χ1) is 7.10. The lowest BCUT2D eigenvalue weighted by atomic mass is 10.1. The van der Waals surface area contributed by atoms with Gasteiger partial charge in [-0.3, -0.25) is 4.79 Å². The molecule has 3 atom stereocenters. The highest BCUT2D eigenvalue weighted by atomic mass is 16.5. The maximum absolute atomic E-state index is 11.9. The molecule has 1 aliphatic rings. The van der Waals surface area contributed by atoms with Crippen molar-refractivity contribution < 1.29 is 19.4 Å². The largest absolute Gasteiger partial charge is 0.394 e. The smallest absolute Gasteiger partial charge is 0.251 e. The number of hydrogen-bond donors (Lipinski definition) is 1. The summed E-state index contributed by atoms with van der Waals surface area (Å²) in [5.41, 5.74) is 0. The first kappa shape index (κ1) is 12.4. The number of aliphatic hydroxyl groups excluding tert-OH is 1. The van der Waals surface area contributed by atoms with E-state index in [2.05, 4.69) is 0 Å². The molecule has 1 rings (SSSR count). The van der Waals surface area contributed by atoms with Gasteiger partial charge >= 0.3 is 0 Å². The second kappa shape index (κ2) is 5.44. The maximum atomic E-state index is 11.9. The zero-order valence-electron chi connectivity index (χ0n) is 9.47. The minimum atomic E-state index is -0.440. The van der Waals surface area contributed by atoms with Crippen molar-refractivity contribution in [1.29, 1.82) is 0 Å². The third-order valence-corrected chi connectivity index (χ3v) is 2.69. The van der Waals surface area contributed by atoms with Gasteiger partial charge in [0.15, 0.2) is 0 Å². The molecular formula is C10H19NO4. The minimum absolute atomic E-state index is 0.0397. The molecule has 0 aromatic carbocycles. The number of ether oxygens (including phenoxy) is 2. The van der Waals surface area contributed by atoms with Gasteiger partial charge in [0.25, 0.3) is 5.91 Å². The van der Waals surface area contributed by atoms with Crippen LogP contribution in [-0.4, -0.2) is 61.0 Å². The lowest BCUT2D eigenvalue weighted by molar-refractivity contribution is -0.155. The van der Waals surface area contributed by atoms with Crippen molar-refractivity contribution in [2.24, 2.45) is 0 Å². The second-order valence-corrected chi connectivity index (χ2v) is 3.86. The van der Waals surface area contributed by atoms with Gasteiger partial charge in [-0.25, -0.2) is 0 Å². The average molecular weight is 217 g/mol. The number of nitrogens with zero attached hydrogens (tertiary/aromatic N) is 1. The van der Waals surface area contributed by atoms with Crippen LogP contribution in [-0.2, 0) is 14.3 Å². The van der Waals surface area contributed by atoms with Gasteiger partial charge < -0.3 is 19.5 Å². The maximum Gasteiger partial charge on any atom is 0.251 e. The van der Waals surface area contributed by atoms with Crippen LogP contribution in [0, 0.1) is 0 Å². The normalized spacial score (nSPS) is 28.9. The predicted molar refractivity (Wildman–Crippen MR) is 54.5 cm³/mol. The minimum Gasteiger partial charge on any atom is -0.394 e. The van der Waals surface area contributed by atoms with Crippen LogP contribution in [0.5, 0.6) is 0 Å². The molecule has 3 unspecified atom stereocenters. The summed E-state index contributed by atoms with van der Waals surface area (Å²) < 4.78 is 10.3. The lowest BCUT2D eigenvalue weighted by Gasteiger charge is -2.38. The molecule has 0 aromatic heterocycles. The molecule has 1 heterocycles. The Kier molecular flexibility index (Phi) is 4.50. The molecule has 0 aliphatic carbocycles. The SMILES string of the molecule is COC(C)C(=O)N1CC(CO)OCC1C. The van der Waals surface area contributed by atoms with E-state index in [1.54, 1.807) is 11.8 Å². The summed E-state index contributed by atoms with van der Waals surface area (Å²) in [5, 5.41) is 8.98. The van der Waals surface area contributed by atoms with Crippen LogP contribution in [0.3, 0.4) is 0 Å². The van der Waals surface area contributed by atoms with E-state index in [9.17, 15) is 4.79 Å². The van der Waals surface area contributed by atoms with Gasteiger partial charge in [0, 0.05) is 13.7 Å². The summed E-state index contributed by atoms with van der Waals surface area (Å²) in [5.74, 6) is -0.0493. The van der Waals surface area contributed by atoms with Crippen LogP contribution in [0.25, 0.3) is 0 Å². The Labute approximate surface area is 90.0 Å². The van der Waals surface area contributed by atoms with Gasteiger partial charge in [-0.1, -0.05) is 0 Å². The van der Waals surface area contributed by atoms with Crippen molar-refractivity contribution in [3.05, 3.63) is 0 Å². The Hall–Kier alpha value is -0.650. The van der Waals surface area contributed by atoms with Crippen molar-refractivity contribution in [2.45, 2.75) is 32.1 Å². The van der Waals surface area contributed by atoms with Crippen molar-refractivity contribution in [2.75, 3.05) is 26.9 Å². The third-order valence-electron chi connectivity index (χ3n) is 2.69. The van der Waals surface area contributed by atoms with Crippen LogP contribution < -0.4 is 0 Å². The molecule has 1 aliphatic heterocycles. The molecular weight excluding hydrogens is 198 g/mol. The number of carbonyl (C=O) groups excluding carboxylic acids is 1. The number of carbonyl (C=O) groups is 1. The van der Waals surface area contributed by atoms with E-state index in [1.165, 1.54) is 7.11 Å². The summed E-state index contributed by atoms with van der Waals surface area (Å²) in [6.45, 7) is 4.49. The van der Waals surface area contributed by atoms with Crippen LogP contribution >= 0.6 is 0 Å². The zero-order valence-corrected chi connectivity index (χ0v) is 9.47. The summed E-state index contributed by atoms with van der Waals surface area (Å²) >= 11 is 0. The standard InChI is InChI=1S/C10H19NO4/c1-7-6-15-9(5-12)4-11(7)10(13)8(2)14-3/h7-9,12H,4-6H2,1-3H3. The van der Waals surface area contributed by atoms with E-state index < -0.39 is 6.10 Å². The first-order valence-corrected chi connectivity index (χ1v) is 5.15. The highest BCUT2D eigenvalue weighted by Gasteiger charge is 2.31. The van der Waals surface area contributed by atoms with Crippen molar-refractivity contribution in [3.63, 3.8) is 0 Å². The molecule has 0 bridgehead atoms.